The van der Waals surface area contributed by atoms with Crippen molar-refractivity contribution in [3.05, 3.63) is 0 Å². The molecular formula is C6H11NO5. The molecule has 0 radical (unpaired) electrons. The van der Waals surface area contributed by atoms with Crippen LogP contribution in [-0.2, 0) is 19.1 Å². The predicted octanol–water partition coefficient (Wildman–Crippen LogP) is -0.874. The Balaban J connectivity index is 0. The SMILES string of the molecule is CCOC(=O)CC(=O)O.NC=O. The van der Waals surface area contributed by atoms with Crippen molar-refractivity contribution in [1.82, 2.24) is 0 Å². The Bertz CT molecular complexity index is 156. The van der Waals surface area contributed by atoms with E-state index < -0.39 is 18.4 Å². The molecule has 0 aliphatic heterocycles. The molecule has 6 heteroatoms. The Morgan fingerprint density at radius 2 is 2.00 bits per heavy atom. The molecule has 0 aromatic carbocycles. The van der Waals surface area contributed by atoms with Gasteiger partial charge < -0.3 is 15.6 Å². The number of esters is 1. The van der Waals surface area contributed by atoms with Gasteiger partial charge in [0.2, 0.25) is 6.41 Å². The van der Waals surface area contributed by atoms with E-state index in [0.29, 0.717) is 0 Å². The largest absolute Gasteiger partial charge is 0.481 e. The van der Waals surface area contributed by atoms with Gasteiger partial charge in [-0.05, 0) is 6.92 Å². The molecule has 0 saturated carbocycles. The highest BCUT2D eigenvalue weighted by Gasteiger charge is 2.06. The molecule has 0 aromatic heterocycles. The van der Waals surface area contributed by atoms with Crippen molar-refractivity contribution >= 4 is 18.3 Å². The van der Waals surface area contributed by atoms with Crippen LogP contribution in [0.25, 0.3) is 0 Å². The van der Waals surface area contributed by atoms with Gasteiger partial charge in [-0.1, -0.05) is 0 Å². The molecule has 0 heterocycles. The summed E-state index contributed by atoms with van der Waals surface area (Å²) < 4.78 is 4.33. The van der Waals surface area contributed by atoms with E-state index in [2.05, 4.69) is 10.5 Å². The van der Waals surface area contributed by atoms with Crippen LogP contribution in [0.3, 0.4) is 0 Å². The number of aliphatic carboxylic acids is 1. The van der Waals surface area contributed by atoms with Crippen molar-refractivity contribution in [3.63, 3.8) is 0 Å². The van der Waals surface area contributed by atoms with Crippen LogP contribution >= 0.6 is 0 Å². The summed E-state index contributed by atoms with van der Waals surface area (Å²) in [6.07, 6.45) is -0.298. The Morgan fingerprint density at radius 3 is 2.25 bits per heavy atom. The maximum atomic E-state index is 10.3. The highest BCUT2D eigenvalue weighted by molar-refractivity contribution is 5.90. The molecule has 12 heavy (non-hydrogen) atoms. The van der Waals surface area contributed by atoms with Gasteiger partial charge in [0.05, 0.1) is 6.61 Å². The van der Waals surface area contributed by atoms with Gasteiger partial charge in [0, 0.05) is 0 Å². The first-order valence-electron chi connectivity index (χ1n) is 3.11. The molecule has 0 spiro atoms. The highest BCUT2D eigenvalue weighted by atomic mass is 16.5. The Hall–Kier alpha value is -1.59. The van der Waals surface area contributed by atoms with E-state index in [1.54, 1.807) is 6.92 Å². The van der Waals surface area contributed by atoms with Crippen LogP contribution in [0, 0.1) is 0 Å². The van der Waals surface area contributed by atoms with Crippen molar-refractivity contribution in [2.24, 2.45) is 5.73 Å². The van der Waals surface area contributed by atoms with E-state index in [1.165, 1.54) is 0 Å². The van der Waals surface area contributed by atoms with Gasteiger partial charge in [-0.3, -0.25) is 14.4 Å². The van der Waals surface area contributed by atoms with Crippen molar-refractivity contribution in [1.29, 1.82) is 0 Å². The number of amides is 1. The molecule has 0 bridgehead atoms. The maximum absolute atomic E-state index is 10.3. The van der Waals surface area contributed by atoms with E-state index in [-0.39, 0.29) is 13.0 Å². The molecule has 0 rings (SSSR count). The highest BCUT2D eigenvalue weighted by Crippen LogP contribution is 1.84. The summed E-state index contributed by atoms with van der Waals surface area (Å²) in [4.78, 5) is 28.6. The molecule has 1 amide bonds. The summed E-state index contributed by atoms with van der Waals surface area (Å²) in [5.74, 6) is -1.85. The smallest absolute Gasteiger partial charge is 0.317 e. The fraction of sp³-hybridized carbons (Fsp3) is 0.500. The zero-order valence-electron chi connectivity index (χ0n) is 6.65. The summed E-state index contributed by atoms with van der Waals surface area (Å²) in [7, 11) is 0. The number of carbonyl (C=O) groups excluding carboxylic acids is 2. The second-order valence-corrected chi connectivity index (χ2v) is 1.51. The summed E-state index contributed by atoms with van der Waals surface area (Å²) in [5.41, 5.74) is 4.17. The zero-order chi connectivity index (χ0) is 9.98. The molecule has 0 saturated heterocycles. The lowest BCUT2D eigenvalue weighted by molar-refractivity contribution is -0.150. The quantitative estimate of drug-likeness (QED) is 0.331. The first-order valence-corrected chi connectivity index (χ1v) is 3.11. The van der Waals surface area contributed by atoms with Gasteiger partial charge in [-0.15, -0.1) is 0 Å². The minimum Gasteiger partial charge on any atom is -0.481 e. The molecule has 6 nitrogen and oxygen atoms in total. The van der Waals surface area contributed by atoms with Crippen LogP contribution < -0.4 is 5.73 Å². The van der Waals surface area contributed by atoms with Crippen LogP contribution in [0.15, 0.2) is 0 Å². The number of rotatable bonds is 3. The number of primary amides is 1. The Labute approximate surface area is 69.3 Å². The number of carboxylic acid groups (broad SMARTS) is 1. The third-order valence-corrected chi connectivity index (χ3v) is 0.601. The van der Waals surface area contributed by atoms with Gasteiger partial charge in [0.25, 0.3) is 0 Å². The van der Waals surface area contributed by atoms with Crippen molar-refractivity contribution < 1.29 is 24.2 Å². The van der Waals surface area contributed by atoms with Gasteiger partial charge >= 0.3 is 11.9 Å². The normalized spacial score (nSPS) is 7.42. The number of hydrogen-bond acceptors (Lipinski definition) is 4. The lowest BCUT2D eigenvalue weighted by Gasteiger charge is -1.95. The third kappa shape index (κ3) is 15.8. The van der Waals surface area contributed by atoms with Crippen molar-refractivity contribution in [3.8, 4) is 0 Å². The number of nitrogens with two attached hydrogens (primary N) is 1. The van der Waals surface area contributed by atoms with E-state index >= 15 is 0 Å². The monoisotopic (exact) mass is 177 g/mol. The van der Waals surface area contributed by atoms with Gasteiger partial charge in [-0.25, -0.2) is 0 Å². The van der Waals surface area contributed by atoms with E-state index in [0.717, 1.165) is 0 Å². The molecule has 0 atom stereocenters. The number of carbonyl (C=O) groups is 3. The number of hydrogen-bond donors (Lipinski definition) is 2. The fourth-order valence-electron chi connectivity index (χ4n) is 0.335. The zero-order valence-corrected chi connectivity index (χ0v) is 6.65. The molecule has 0 aliphatic rings. The first-order chi connectivity index (χ1) is 5.58. The predicted molar refractivity (Wildman–Crippen MR) is 39.1 cm³/mol. The van der Waals surface area contributed by atoms with Crippen molar-refractivity contribution in [2.75, 3.05) is 6.61 Å². The number of ether oxygens (including phenoxy) is 1. The molecule has 3 N–H and O–H groups in total. The van der Waals surface area contributed by atoms with Crippen LogP contribution in [-0.4, -0.2) is 30.1 Å². The van der Waals surface area contributed by atoms with E-state index in [4.69, 9.17) is 9.90 Å². The molecular weight excluding hydrogens is 166 g/mol. The van der Waals surface area contributed by atoms with Crippen LogP contribution in [0.5, 0.6) is 0 Å². The standard InChI is InChI=1S/C5H8O4.CH3NO/c1-2-9-5(8)3-4(6)7;2-1-3/h2-3H2,1H3,(H,6,7);1H,(H2,2,3). The summed E-state index contributed by atoms with van der Waals surface area (Å²) >= 11 is 0. The Kier molecular flexibility index (Phi) is 10.2. The lowest BCUT2D eigenvalue weighted by Crippen LogP contribution is -2.09. The van der Waals surface area contributed by atoms with Crippen LogP contribution in [0.1, 0.15) is 13.3 Å². The molecule has 0 aromatic rings. The van der Waals surface area contributed by atoms with E-state index in [1.807, 2.05) is 0 Å². The molecule has 0 aliphatic carbocycles. The number of carboxylic acids is 1. The fourth-order valence-corrected chi connectivity index (χ4v) is 0.335. The Morgan fingerprint density at radius 1 is 1.58 bits per heavy atom. The average molecular weight is 177 g/mol. The summed E-state index contributed by atoms with van der Waals surface area (Å²) in [6.45, 7) is 1.85. The minimum absolute atomic E-state index is 0.228. The van der Waals surface area contributed by atoms with Crippen LogP contribution in [0.4, 0.5) is 0 Å². The maximum Gasteiger partial charge on any atom is 0.317 e. The third-order valence-electron chi connectivity index (χ3n) is 0.601. The summed E-state index contributed by atoms with van der Waals surface area (Å²) in [6, 6.07) is 0. The second kappa shape index (κ2) is 9.41. The average Bonchev–Trinajstić information content (AvgIpc) is 1.87. The molecule has 0 fully saturated rings. The first kappa shape index (κ1) is 13.0. The van der Waals surface area contributed by atoms with Gasteiger partial charge in [0.1, 0.15) is 6.42 Å². The molecule has 70 valence electrons. The molecule has 0 unspecified atom stereocenters. The lowest BCUT2D eigenvalue weighted by atomic mass is 10.4. The topological polar surface area (TPSA) is 107 Å². The van der Waals surface area contributed by atoms with Crippen LogP contribution in [0.2, 0.25) is 0 Å². The second-order valence-electron chi connectivity index (χ2n) is 1.51. The van der Waals surface area contributed by atoms with Crippen molar-refractivity contribution in [2.45, 2.75) is 13.3 Å². The minimum atomic E-state index is -1.16. The van der Waals surface area contributed by atoms with E-state index in [9.17, 15) is 9.59 Å². The van der Waals surface area contributed by atoms with Gasteiger partial charge in [-0.2, -0.15) is 0 Å². The van der Waals surface area contributed by atoms with Gasteiger partial charge in [0.15, 0.2) is 0 Å². The summed E-state index contributed by atoms with van der Waals surface area (Å²) in [5, 5.41) is 8.01.